The van der Waals surface area contributed by atoms with Crippen LogP contribution in [0, 0.1) is 0 Å². The zero-order valence-corrected chi connectivity index (χ0v) is 30.2. The zero-order valence-electron chi connectivity index (χ0n) is 30.2. The Morgan fingerprint density at radius 3 is 2.20 bits per heavy atom. The fourth-order valence-corrected chi connectivity index (χ4v) is 8.63. The van der Waals surface area contributed by atoms with E-state index in [0.717, 1.165) is 57.4 Å². The van der Waals surface area contributed by atoms with Gasteiger partial charge in [-0.25, -0.2) is 4.98 Å². The summed E-state index contributed by atoms with van der Waals surface area (Å²) in [6.07, 6.45) is 9.48. The molecule has 1 aromatic heterocycles. The first-order chi connectivity index (χ1) is 26.7. The first-order valence-corrected chi connectivity index (χ1v) is 19.2. The van der Waals surface area contributed by atoms with Crippen LogP contribution in [0.25, 0.3) is 60.7 Å². The Morgan fingerprint density at radius 2 is 1.41 bits per heavy atom. The molecule has 10 rings (SSSR count). The SMILES string of the molecule is OCCCCOc1nc(-c2ccc3ccc4cccc5ccc2c3c45)nc2ccc3c(c12)C=CC(c1ccccc1)(c1ccc(N2CCCCC2)cc1)O3. The monoisotopic (exact) mass is 707 g/mol. The highest BCUT2D eigenvalue weighted by molar-refractivity contribution is 6.25. The van der Waals surface area contributed by atoms with Crippen molar-refractivity contribution in [3.63, 3.8) is 0 Å². The van der Waals surface area contributed by atoms with Crippen LogP contribution in [-0.2, 0) is 5.60 Å². The molecule has 0 aliphatic carbocycles. The van der Waals surface area contributed by atoms with Crippen molar-refractivity contribution in [3.05, 3.63) is 144 Å². The molecule has 6 nitrogen and oxygen atoms in total. The summed E-state index contributed by atoms with van der Waals surface area (Å²) in [6.45, 7) is 2.75. The van der Waals surface area contributed by atoms with Crippen LogP contribution < -0.4 is 14.4 Å². The molecule has 0 radical (unpaired) electrons. The minimum atomic E-state index is -0.826. The van der Waals surface area contributed by atoms with Crippen molar-refractivity contribution in [2.24, 2.45) is 0 Å². The number of piperidine rings is 1. The predicted octanol–water partition coefficient (Wildman–Crippen LogP) is 10.7. The molecule has 0 spiro atoms. The van der Waals surface area contributed by atoms with Crippen LogP contribution in [0.3, 0.4) is 0 Å². The summed E-state index contributed by atoms with van der Waals surface area (Å²) in [5.74, 6) is 1.88. The van der Waals surface area contributed by atoms with E-state index in [1.807, 2.05) is 18.2 Å². The van der Waals surface area contributed by atoms with Crippen LogP contribution in [0.15, 0.2) is 127 Å². The number of aromatic nitrogens is 2. The summed E-state index contributed by atoms with van der Waals surface area (Å²) in [4.78, 5) is 12.9. The molecule has 1 fully saturated rings. The van der Waals surface area contributed by atoms with Crippen LogP contribution in [0.5, 0.6) is 11.6 Å². The van der Waals surface area contributed by atoms with Crippen molar-refractivity contribution in [2.45, 2.75) is 37.7 Å². The third-order valence-corrected chi connectivity index (χ3v) is 11.4. The third kappa shape index (κ3) is 5.43. The molecule has 0 saturated carbocycles. The topological polar surface area (TPSA) is 67.7 Å². The lowest BCUT2D eigenvalue weighted by molar-refractivity contribution is 0.161. The van der Waals surface area contributed by atoms with E-state index in [4.69, 9.17) is 19.4 Å². The van der Waals surface area contributed by atoms with E-state index in [-0.39, 0.29) is 6.61 Å². The Hall–Kier alpha value is -5.98. The largest absolute Gasteiger partial charge is 0.477 e. The smallest absolute Gasteiger partial charge is 0.225 e. The third-order valence-electron chi connectivity index (χ3n) is 11.4. The number of benzene rings is 7. The van der Waals surface area contributed by atoms with Gasteiger partial charge in [-0.2, -0.15) is 4.98 Å². The highest BCUT2D eigenvalue weighted by Crippen LogP contribution is 2.47. The summed E-state index contributed by atoms with van der Waals surface area (Å²) >= 11 is 0. The van der Waals surface area contributed by atoms with E-state index >= 15 is 0 Å². The molecule has 266 valence electrons. The second-order valence-corrected chi connectivity index (χ2v) is 14.6. The van der Waals surface area contributed by atoms with Crippen LogP contribution in [0.4, 0.5) is 5.69 Å². The highest BCUT2D eigenvalue weighted by Gasteiger charge is 2.38. The molecule has 7 aromatic carbocycles. The standard InChI is InChI=1S/C48H41N3O3/c52-30-7-8-31-53-47-45-40-26-27-48(35-12-3-1-4-13-35,36-18-20-37(21-19-36)51-28-5-2-6-29-51)54-42(40)25-24-41(45)49-46(50-47)39-23-17-34-15-14-32-10-9-11-33-16-22-38(39)44(34)43(32)33/h1,3-4,9-27,52H,2,5-8,28-31H2. The maximum absolute atomic E-state index is 9.51. The average Bonchev–Trinajstić information content (AvgIpc) is 3.24. The van der Waals surface area contributed by atoms with Gasteiger partial charge in [-0.15, -0.1) is 0 Å². The number of fused-ring (bicyclic) bond motifs is 3. The van der Waals surface area contributed by atoms with Gasteiger partial charge in [-0.1, -0.05) is 91.0 Å². The summed E-state index contributed by atoms with van der Waals surface area (Å²) in [6, 6.07) is 43.0. The lowest BCUT2D eigenvalue weighted by atomic mass is 9.83. The van der Waals surface area contributed by atoms with Gasteiger partial charge in [-0.05, 0) is 107 Å². The Kier molecular flexibility index (Phi) is 8.14. The second kappa shape index (κ2) is 13.5. The van der Waals surface area contributed by atoms with Crippen molar-refractivity contribution in [1.82, 2.24) is 9.97 Å². The molecule has 8 aromatic rings. The number of hydrogen-bond donors (Lipinski definition) is 1. The van der Waals surface area contributed by atoms with Gasteiger partial charge in [-0.3, -0.25) is 0 Å². The number of rotatable bonds is 9. The van der Waals surface area contributed by atoms with E-state index in [1.54, 1.807) is 0 Å². The number of nitrogens with zero attached hydrogens (tertiary/aromatic N) is 3. The van der Waals surface area contributed by atoms with E-state index in [0.29, 0.717) is 31.2 Å². The van der Waals surface area contributed by atoms with Crippen LogP contribution in [-0.4, -0.2) is 41.4 Å². The summed E-state index contributed by atoms with van der Waals surface area (Å²) in [5, 5.41) is 17.6. The first kappa shape index (κ1) is 32.7. The second-order valence-electron chi connectivity index (χ2n) is 14.6. The Balaban J connectivity index is 1.11. The lowest BCUT2D eigenvalue weighted by Gasteiger charge is -2.37. The molecule has 3 heterocycles. The van der Waals surface area contributed by atoms with E-state index < -0.39 is 5.60 Å². The van der Waals surface area contributed by atoms with E-state index in [1.165, 1.54) is 51.9 Å². The minimum absolute atomic E-state index is 0.119. The number of unbranched alkanes of at least 4 members (excludes halogenated alkanes) is 1. The van der Waals surface area contributed by atoms with Gasteiger partial charge in [0.15, 0.2) is 11.4 Å². The predicted molar refractivity (Wildman–Crippen MR) is 220 cm³/mol. The van der Waals surface area contributed by atoms with E-state index in [2.05, 4.69) is 120 Å². The van der Waals surface area contributed by atoms with Crippen molar-refractivity contribution in [3.8, 4) is 23.0 Å². The highest BCUT2D eigenvalue weighted by atomic mass is 16.5. The molecular formula is C48H41N3O3. The van der Waals surface area contributed by atoms with E-state index in [9.17, 15) is 5.11 Å². The van der Waals surface area contributed by atoms with Crippen molar-refractivity contribution in [1.29, 1.82) is 0 Å². The van der Waals surface area contributed by atoms with Gasteiger partial charge in [0.1, 0.15) is 5.75 Å². The minimum Gasteiger partial charge on any atom is -0.477 e. The van der Waals surface area contributed by atoms with Gasteiger partial charge in [0.05, 0.1) is 17.5 Å². The summed E-state index contributed by atoms with van der Waals surface area (Å²) < 4.78 is 13.7. The van der Waals surface area contributed by atoms with Gasteiger partial charge in [0.25, 0.3) is 0 Å². The fourth-order valence-electron chi connectivity index (χ4n) is 8.63. The summed E-state index contributed by atoms with van der Waals surface area (Å²) in [7, 11) is 0. The Morgan fingerprint density at radius 1 is 0.667 bits per heavy atom. The maximum Gasteiger partial charge on any atom is 0.225 e. The molecule has 2 aliphatic rings. The lowest BCUT2D eigenvalue weighted by Crippen LogP contribution is -2.34. The Labute approximate surface area is 314 Å². The molecule has 1 N–H and O–H groups in total. The number of ether oxygens (including phenoxy) is 2. The van der Waals surface area contributed by atoms with Crippen LogP contribution >= 0.6 is 0 Å². The molecule has 1 saturated heterocycles. The molecule has 1 unspecified atom stereocenters. The first-order valence-electron chi connectivity index (χ1n) is 19.2. The molecular weight excluding hydrogens is 667 g/mol. The fraction of sp³-hybridized carbons (Fsp3) is 0.208. The van der Waals surface area contributed by atoms with Crippen molar-refractivity contribution in [2.75, 3.05) is 31.2 Å². The number of aliphatic hydroxyl groups excluding tert-OH is 1. The number of hydrogen-bond acceptors (Lipinski definition) is 6. The molecule has 54 heavy (non-hydrogen) atoms. The molecule has 0 amide bonds. The van der Waals surface area contributed by atoms with Crippen LogP contribution in [0.2, 0.25) is 0 Å². The normalized spacial score (nSPS) is 17.0. The van der Waals surface area contributed by atoms with Crippen molar-refractivity contribution >= 4 is 55.0 Å². The quantitative estimate of drug-likeness (QED) is 0.119. The molecule has 2 aliphatic heterocycles. The number of aliphatic hydroxyl groups is 1. The molecule has 0 bridgehead atoms. The average molecular weight is 708 g/mol. The molecule has 1 atom stereocenters. The number of anilines is 1. The maximum atomic E-state index is 9.51. The van der Waals surface area contributed by atoms with Crippen LogP contribution in [0.1, 0.15) is 48.8 Å². The summed E-state index contributed by atoms with van der Waals surface area (Å²) in [5.41, 5.74) is 5.19. The zero-order chi connectivity index (χ0) is 36.1. The Bertz CT molecular complexity index is 2650. The van der Waals surface area contributed by atoms with Gasteiger partial charge in [0.2, 0.25) is 5.88 Å². The van der Waals surface area contributed by atoms with Gasteiger partial charge >= 0.3 is 0 Å². The van der Waals surface area contributed by atoms with Crippen molar-refractivity contribution < 1.29 is 14.6 Å². The van der Waals surface area contributed by atoms with Gasteiger partial charge < -0.3 is 19.5 Å². The van der Waals surface area contributed by atoms with Gasteiger partial charge in [0, 0.05) is 47.6 Å². The molecule has 6 heteroatoms.